The van der Waals surface area contributed by atoms with Crippen LogP contribution in [0.1, 0.15) is 6.92 Å². The van der Waals surface area contributed by atoms with Gasteiger partial charge in [0.05, 0.1) is 18.9 Å². The Kier molecular flexibility index (Phi) is 6.35. The summed E-state index contributed by atoms with van der Waals surface area (Å²) in [6, 6.07) is 7.69. The molecule has 0 aliphatic heterocycles. The lowest BCUT2D eigenvalue weighted by Gasteiger charge is -2.13. The van der Waals surface area contributed by atoms with Gasteiger partial charge in [-0.15, -0.1) is 0 Å². The van der Waals surface area contributed by atoms with Crippen molar-refractivity contribution in [3.8, 4) is 5.75 Å². The van der Waals surface area contributed by atoms with Gasteiger partial charge in [0.1, 0.15) is 5.75 Å². The van der Waals surface area contributed by atoms with E-state index in [1.807, 2.05) is 31.2 Å². The Hall–Kier alpha value is -1.33. The topological polar surface area (TPSA) is 42.5 Å². The molecule has 0 unspecified atom stereocenters. The van der Waals surface area contributed by atoms with E-state index in [1.54, 1.807) is 7.11 Å². The van der Waals surface area contributed by atoms with Crippen LogP contribution in [-0.4, -0.2) is 32.0 Å². The number of nitrogens with one attached hydrogen (secondary N) is 2. The van der Waals surface area contributed by atoms with E-state index in [0.29, 0.717) is 24.9 Å². The number of rotatable bonds is 6. The quantitative estimate of drug-likeness (QED) is 0.600. The van der Waals surface area contributed by atoms with Gasteiger partial charge in [0.2, 0.25) is 0 Å². The highest BCUT2D eigenvalue weighted by Crippen LogP contribution is 2.23. The number of hydrogen-bond acceptors (Lipinski definition) is 3. The molecule has 5 heteroatoms. The average molecular weight is 254 g/mol. The fourth-order valence-electron chi connectivity index (χ4n) is 1.28. The van der Waals surface area contributed by atoms with Gasteiger partial charge in [0.15, 0.2) is 5.11 Å². The van der Waals surface area contributed by atoms with Crippen LogP contribution in [0.4, 0.5) is 5.69 Å². The van der Waals surface area contributed by atoms with Crippen molar-refractivity contribution in [1.29, 1.82) is 0 Å². The van der Waals surface area contributed by atoms with Crippen molar-refractivity contribution in [2.75, 3.05) is 32.2 Å². The van der Waals surface area contributed by atoms with Crippen LogP contribution >= 0.6 is 12.2 Å². The Balaban J connectivity index is 2.52. The summed E-state index contributed by atoms with van der Waals surface area (Å²) in [5.74, 6) is 0.797. The van der Waals surface area contributed by atoms with Crippen molar-refractivity contribution in [1.82, 2.24) is 5.32 Å². The first kappa shape index (κ1) is 13.7. The molecule has 17 heavy (non-hydrogen) atoms. The lowest BCUT2D eigenvalue weighted by molar-refractivity contribution is 0.204. The van der Waals surface area contributed by atoms with Crippen LogP contribution in [0.15, 0.2) is 24.3 Å². The molecule has 0 bridgehead atoms. The summed E-state index contributed by atoms with van der Waals surface area (Å²) in [5.41, 5.74) is 0.865. The lowest BCUT2D eigenvalue weighted by Crippen LogP contribution is -2.31. The van der Waals surface area contributed by atoms with Gasteiger partial charge in [0.25, 0.3) is 0 Å². The number of benzene rings is 1. The zero-order valence-corrected chi connectivity index (χ0v) is 11.0. The van der Waals surface area contributed by atoms with Crippen molar-refractivity contribution in [2.24, 2.45) is 0 Å². The standard InChI is InChI=1S/C12H18N2O2S/c1-3-16-11-7-5-4-6-10(11)14-12(17)13-8-9-15-2/h4-7H,3,8-9H2,1-2H3,(H2,13,14,17). The van der Waals surface area contributed by atoms with E-state index in [9.17, 15) is 0 Å². The van der Waals surface area contributed by atoms with Gasteiger partial charge in [-0.1, -0.05) is 12.1 Å². The number of para-hydroxylation sites is 2. The first-order valence-corrected chi connectivity index (χ1v) is 5.94. The minimum Gasteiger partial charge on any atom is -0.492 e. The molecule has 1 rings (SSSR count). The van der Waals surface area contributed by atoms with Crippen LogP contribution in [0, 0.1) is 0 Å². The number of methoxy groups -OCH3 is 1. The van der Waals surface area contributed by atoms with E-state index in [1.165, 1.54) is 0 Å². The second-order valence-electron chi connectivity index (χ2n) is 3.30. The van der Waals surface area contributed by atoms with E-state index in [2.05, 4.69) is 10.6 Å². The summed E-state index contributed by atoms with van der Waals surface area (Å²) in [7, 11) is 1.66. The molecule has 0 aromatic heterocycles. The van der Waals surface area contributed by atoms with Crippen molar-refractivity contribution in [3.63, 3.8) is 0 Å². The van der Waals surface area contributed by atoms with Gasteiger partial charge in [-0.25, -0.2) is 0 Å². The SMILES string of the molecule is CCOc1ccccc1NC(=S)NCCOC. The molecule has 0 aliphatic carbocycles. The second kappa shape index (κ2) is 7.86. The molecule has 0 fully saturated rings. The molecule has 1 aromatic carbocycles. The number of hydrogen-bond donors (Lipinski definition) is 2. The molecule has 0 saturated heterocycles. The predicted molar refractivity (Wildman–Crippen MR) is 73.7 cm³/mol. The molecular weight excluding hydrogens is 236 g/mol. The summed E-state index contributed by atoms with van der Waals surface area (Å²) in [6.07, 6.45) is 0. The molecular formula is C12H18N2O2S. The Morgan fingerprint density at radius 3 is 2.82 bits per heavy atom. The van der Waals surface area contributed by atoms with Crippen molar-refractivity contribution in [3.05, 3.63) is 24.3 Å². The van der Waals surface area contributed by atoms with E-state index < -0.39 is 0 Å². The molecule has 0 radical (unpaired) electrons. The third kappa shape index (κ3) is 5.01. The predicted octanol–water partition coefficient (Wildman–Crippen LogP) is 2.02. The van der Waals surface area contributed by atoms with Crippen LogP contribution in [0.2, 0.25) is 0 Å². The Morgan fingerprint density at radius 1 is 1.35 bits per heavy atom. The van der Waals surface area contributed by atoms with E-state index in [4.69, 9.17) is 21.7 Å². The maximum Gasteiger partial charge on any atom is 0.170 e. The van der Waals surface area contributed by atoms with Gasteiger partial charge < -0.3 is 20.1 Å². The highest BCUT2D eigenvalue weighted by molar-refractivity contribution is 7.80. The average Bonchev–Trinajstić information content (AvgIpc) is 2.32. The Morgan fingerprint density at radius 2 is 2.12 bits per heavy atom. The van der Waals surface area contributed by atoms with E-state index in [0.717, 1.165) is 11.4 Å². The smallest absolute Gasteiger partial charge is 0.170 e. The second-order valence-corrected chi connectivity index (χ2v) is 3.71. The van der Waals surface area contributed by atoms with Gasteiger partial charge in [-0.3, -0.25) is 0 Å². The van der Waals surface area contributed by atoms with Crippen LogP contribution in [-0.2, 0) is 4.74 Å². The minimum atomic E-state index is 0.564. The molecule has 1 aromatic rings. The molecule has 0 aliphatic rings. The van der Waals surface area contributed by atoms with E-state index >= 15 is 0 Å². The first-order valence-electron chi connectivity index (χ1n) is 5.53. The fourth-order valence-corrected chi connectivity index (χ4v) is 1.50. The summed E-state index contributed by atoms with van der Waals surface area (Å²) >= 11 is 5.16. The molecule has 0 amide bonds. The fraction of sp³-hybridized carbons (Fsp3) is 0.417. The lowest BCUT2D eigenvalue weighted by atomic mass is 10.3. The van der Waals surface area contributed by atoms with Gasteiger partial charge in [-0.2, -0.15) is 0 Å². The normalized spacial score (nSPS) is 9.76. The van der Waals surface area contributed by atoms with Crippen LogP contribution in [0.5, 0.6) is 5.75 Å². The van der Waals surface area contributed by atoms with Crippen molar-refractivity contribution < 1.29 is 9.47 Å². The van der Waals surface area contributed by atoms with E-state index in [-0.39, 0.29) is 0 Å². The number of thiocarbonyl (C=S) groups is 1. The first-order chi connectivity index (χ1) is 8.27. The summed E-state index contributed by atoms with van der Waals surface area (Å²) < 4.78 is 10.4. The van der Waals surface area contributed by atoms with Crippen LogP contribution < -0.4 is 15.4 Å². The molecule has 94 valence electrons. The van der Waals surface area contributed by atoms with Crippen molar-refractivity contribution in [2.45, 2.75) is 6.92 Å². The maximum atomic E-state index is 5.49. The molecule has 0 heterocycles. The van der Waals surface area contributed by atoms with Gasteiger partial charge >= 0.3 is 0 Å². The van der Waals surface area contributed by atoms with Gasteiger partial charge in [-0.05, 0) is 31.3 Å². The Labute approximate surface area is 107 Å². The third-order valence-corrected chi connectivity index (χ3v) is 2.27. The molecule has 4 nitrogen and oxygen atoms in total. The number of anilines is 1. The molecule has 0 atom stereocenters. The number of ether oxygens (including phenoxy) is 2. The monoisotopic (exact) mass is 254 g/mol. The molecule has 2 N–H and O–H groups in total. The molecule has 0 spiro atoms. The highest BCUT2D eigenvalue weighted by Gasteiger charge is 2.03. The summed E-state index contributed by atoms with van der Waals surface area (Å²) in [4.78, 5) is 0. The summed E-state index contributed by atoms with van der Waals surface area (Å²) in [6.45, 7) is 3.88. The van der Waals surface area contributed by atoms with Crippen LogP contribution in [0.25, 0.3) is 0 Å². The van der Waals surface area contributed by atoms with Crippen molar-refractivity contribution >= 4 is 23.0 Å². The zero-order chi connectivity index (χ0) is 12.5. The third-order valence-electron chi connectivity index (χ3n) is 2.03. The summed E-state index contributed by atoms with van der Waals surface area (Å²) in [5, 5.41) is 6.70. The highest BCUT2D eigenvalue weighted by atomic mass is 32.1. The zero-order valence-electron chi connectivity index (χ0n) is 10.2. The van der Waals surface area contributed by atoms with Gasteiger partial charge in [0, 0.05) is 13.7 Å². The molecule has 0 saturated carbocycles. The largest absolute Gasteiger partial charge is 0.492 e. The Bertz CT molecular complexity index is 358. The maximum absolute atomic E-state index is 5.49. The van der Waals surface area contributed by atoms with Crippen LogP contribution in [0.3, 0.4) is 0 Å². The minimum absolute atomic E-state index is 0.564.